The molecule has 0 amide bonds. The van der Waals surface area contributed by atoms with Gasteiger partial charge >= 0.3 is 0 Å². The molecule has 0 aliphatic rings. The predicted octanol–water partition coefficient (Wildman–Crippen LogP) is 2.85. The summed E-state index contributed by atoms with van der Waals surface area (Å²) in [6.07, 6.45) is 0. The monoisotopic (exact) mass is 263 g/mol. The van der Waals surface area contributed by atoms with Gasteiger partial charge in [-0.25, -0.2) is 9.97 Å². The van der Waals surface area contributed by atoms with E-state index in [0.29, 0.717) is 17.3 Å². The van der Waals surface area contributed by atoms with Crippen molar-refractivity contribution < 1.29 is 0 Å². The highest BCUT2D eigenvalue weighted by molar-refractivity contribution is 5.95. The van der Waals surface area contributed by atoms with E-state index in [4.69, 9.17) is 5.26 Å². The Hall–Kier alpha value is -2.87. The van der Waals surface area contributed by atoms with Gasteiger partial charge < -0.3 is 10.3 Å². The lowest BCUT2D eigenvalue weighted by atomic mass is 10.1. The Labute approximate surface area is 116 Å². The second-order valence-electron chi connectivity index (χ2n) is 4.49. The van der Waals surface area contributed by atoms with Crippen LogP contribution in [0, 0.1) is 18.3 Å². The second-order valence-corrected chi connectivity index (χ2v) is 4.49. The molecule has 5 nitrogen and oxygen atoms in total. The molecule has 3 aromatic rings. The van der Waals surface area contributed by atoms with E-state index in [1.54, 1.807) is 13.1 Å². The molecule has 2 N–H and O–H groups in total. The van der Waals surface area contributed by atoms with Crippen LogP contribution in [0.1, 0.15) is 11.4 Å². The second kappa shape index (κ2) is 4.67. The molecule has 98 valence electrons. The number of fused-ring (bicyclic) bond motifs is 1. The molecule has 0 atom stereocenters. The minimum atomic E-state index is 0.351. The lowest BCUT2D eigenvalue weighted by Crippen LogP contribution is -1.99. The Bertz CT molecular complexity index is 826. The number of rotatable bonds is 2. The van der Waals surface area contributed by atoms with E-state index >= 15 is 0 Å². The van der Waals surface area contributed by atoms with Crippen LogP contribution in [0.3, 0.4) is 0 Å². The third-order valence-corrected chi connectivity index (χ3v) is 3.21. The van der Waals surface area contributed by atoms with Crippen LogP contribution in [0.15, 0.2) is 30.3 Å². The number of benzene rings is 1. The number of aryl methyl sites for hydroxylation is 1. The average molecular weight is 263 g/mol. The molecule has 5 heteroatoms. The van der Waals surface area contributed by atoms with Gasteiger partial charge in [0.25, 0.3) is 0 Å². The van der Waals surface area contributed by atoms with Gasteiger partial charge in [-0.1, -0.05) is 18.2 Å². The maximum Gasteiger partial charge on any atom is 0.165 e. The van der Waals surface area contributed by atoms with Gasteiger partial charge in [0.1, 0.15) is 17.6 Å². The summed E-state index contributed by atoms with van der Waals surface area (Å²) in [7, 11) is 1.77. The van der Waals surface area contributed by atoms with Gasteiger partial charge in [0.2, 0.25) is 0 Å². The van der Waals surface area contributed by atoms with Crippen LogP contribution in [0.5, 0.6) is 0 Å². The van der Waals surface area contributed by atoms with Crippen molar-refractivity contribution in [3.63, 3.8) is 0 Å². The van der Waals surface area contributed by atoms with Crippen molar-refractivity contribution in [3.8, 4) is 17.5 Å². The molecular weight excluding hydrogens is 250 g/mol. The first-order valence-electron chi connectivity index (χ1n) is 6.27. The normalized spacial score (nSPS) is 10.4. The van der Waals surface area contributed by atoms with Crippen molar-refractivity contribution in [2.75, 3.05) is 12.4 Å². The highest BCUT2D eigenvalue weighted by atomic mass is 15.0. The lowest BCUT2D eigenvalue weighted by molar-refractivity contribution is 1.13. The summed E-state index contributed by atoms with van der Waals surface area (Å²) < 4.78 is 0. The molecule has 0 aliphatic carbocycles. The SMILES string of the molecule is CNc1cc(C#N)nc(-c2c(C)[nH]c3ccccc23)n1. The Balaban J connectivity index is 2.31. The summed E-state index contributed by atoms with van der Waals surface area (Å²) in [6.45, 7) is 1.98. The smallest absolute Gasteiger partial charge is 0.165 e. The summed E-state index contributed by atoms with van der Waals surface area (Å²) in [5, 5.41) is 13.1. The number of nitriles is 1. The number of hydrogen-bond acceptors (Lipinski definition) is 4. The summed E-state index contributed by atoms with van der Waals surface area (Å²) in [5.74, 6) is 1.19. The average Bonchev–Trinajstić information content (AvgIpc) is 2.82. The standard InChI is InChI=1S/C15H13N5/c1-9-14(11-5-3-4-6-12(11)18-9)15-19-10(8-16)7-13(17-2)20-15/h3-7,18H,1-2H3,(H,17,19,20). The van der Waals surface area contributed by atoms with Crippen LogP contribution in [0.2, 0.25) is 0 Å². The number of aromatic amines is 1. The number of nitrogens with zero attached hydrogens (tertiary/aromatic N) is 3. The fraction of sp³-hybridized carbons (Fsp3) is 0.133. The molecule has 20 heavy (non-hydrogen) atoms. The van der Waals surface area contributed by atoms with Gasteiger partial charge in [-0.15, -0.1) is 0 Å². The molecule has 3 rings (SSSR count). The summed E-state index contributed by atoms with van der Waals surface area (Å²) >= 11 is 0. The molecule has 0 unspecified atom stereocenters. The highest BCUT2D eigenvalue weighted by Gasteiger charge is 2.14. The first-order valence-corrected chi connectivity index (χ1v) is 6.27. The molecule has 2 aromatic heterocycles. The summed E-state index contributed by atoms with van der Waals surface area (Å²) in [4.78, 5) is 12.1. The number of nitrogens with one attached hydrogen (secondary N) is 2. The van der Waals surface area contributed by atoms with Gasteiger partial charge in [0.15, 0.2) is 5.82 Å². The van der Waals surface area contributed by atoms with E-state index in [0.717, 1.165) is 22.2 Å². The minimum Gasteiger partial charge on any atom is -0.373 e. The molecule has 0 radical (unpaired) electrons. The van der Waals surface area contributed by atoms with Crippen LogP contribution >= 0.6 is 0 Å². The van der Waals surface area contributed by atoms with Crippen LogP contribution in [-0.2, 0) is 0 Å². The number of aromatic nitrogens is 3. The van der Waals surface area contributed by atoms with Crippen LogP contribution in [-0.4, -0.2) is 22.0 Å². The van der Waals surface area contributed by atoms with Gasteiger partial charge in [-0.05, 0) is 13.0 Å². The summed E-state index contributed by atoms with van der Waals surface area (Å²) in [5.41, 5.74) is 3.32. The van der Waals surface area contributed by atoms with Crippen molar-refractivity contribution in [1.29, 1.82) is 5.26 Å². The topological polar surface area (TPSA) is 77.4 Å². The quantitative estimate of drug-likeness (QED) is 0.745. The number of anilines is 1. The Morgan fingerprint density at radius 2 is 2.05 bits per heavy atom. The Morgan fingerprint density at radius 1 is 1.25 bits per heavy atom. The van der Waals surface area contributed by atoms with E-state index < -0.39 is 0 Å². The molecule has 2 heterocycles. The van der Waals surface area contributed by atoms with E-state index in [2.05, 4.69) is 26.3 Å². The van der Waals surface area contributed by atoms with Crippen LogP contribution in [0.4, 0.5) is 5.82 Å². The molecule has 0 bridgehead atoms. The fourth-order valence-corrected chi connectivity index (χ4v) is 2.31. The highest BCUT2D eigenvalue weighted by Crippen LogP contribution is 2.30. The van der Waals surface area contributed by atoms with Crippen molar-refractivity contribution >= 4 is 16.7 Å². The first-order chi connectivity index (χ1) is 9.72. The van der Waals surface area contributed by atoms with Gasteiger partial charge in [0.05, 0.1) is 0 Å². The summed E-state index contributed by atoms with van der Waals surface area (Å²) in [6, 6.07) is 11.7. The lowest BCUT2D eigenvalue weighted by Gasteiger charge is -2.04. The molecule has 0 fully saturated rings. The zero-order valence-corrected chi connectivity index (χ0v) is 11.2. The molecule has 0 spiro atoms. The minimum absolute atomic E-state index is 0.351. The van der Waals surface area contributed by atoms with Gasteiger partial charge in [0, 0.05) is 35.3 Å². The maximum atomic E-state index is 9.09. The van der Waals surface area contributed by atoms with E-state index in [1.807, 2.05) is 31.2 Å². The van der Waals surface area contributed by atoms with E-state index in [-0.39, 0.29) is 0 Å². The third-order valence-electron chi connectivity index (χ3n) is 3.21. The van der Waals surface area contributed by atoms with Crippen molar-refractivity contribution in [3.05, 3.63) is 41.7 Å². The predicted molar refractivity (Wildman–Crippen MR) is 78.3 cm³/mol. The van der Waals surface area contributed by atoms with E-state index in [9.17, 15) is 0 Å². The zero-order valence-electron chi connectivity index (χ0n) is 11.2. The van der Waals surface area contributed by atoms with Crippen molar-refractivity contribution in [2.45, 2.75) is 6.92 Å². The largest absolute Gasteiger partial charge is 0.373 e. The molecule has 0 aliphatic heterocycles. The Kier molecular flexibility index (Phi) is 2.84. The van der Waals surface area contributed by atoms with Crippen LogP contribution < -0.4 is 5.32 Å². The van der Waals surface area contributed by atoms with Gasteiger partial charge in [-0.3, -0.25) is 0 Å². The van der Waals surface area contributed by atoms with E-state index in [1.165, 1.54) is 0 Å². The van der Waals surface area contributed by atoms with Gasteiger partial charge in [-0.2, -0.15) is 5.26 Å². The maximum absolute atomic E-state index is 9.09. The Morgan fingerprint density at radius 3 is 2.80 bits per heavy atom. The molecular formula is C15H13N5. The third kappa shape index (κ3) is 1.88. The number of H-pyrrole nitrogens is 1. The molecule has 0 saturated heterocycles. The molecule has 1 aromatic carbocycles. The number of para-hydroxylation sites is 1. The first kappa shape index (κ1) is 12.2. The zero-order chi connectivity index (χ0) is 14.1. The molecule has 0 saturated carbocycles. The van der Waals surface area contributed by atoms with Crippen molar-refractivity contribution in [1.82, 2.24) is 15.0 Å². The fourth-order valence-electron chi connectivity index (χ4n) is 2.31. The number of hydrogen-bond donors (Lipinski definition) is 2. The van der Waals surface area contributed by atoms with Crippen LogP contribution in [0.25, 0.3) is 22.3 Å². The van der Waals surface area contributed by atoms with Crippen molar-refractivity contribution in [2.24, 2.45) is 0 Å².